The maximum atomic E-state index is 9.77. The second-order valence-corrected chi connectivity index (χ2v) is 5.93. The summed E-state index contributed by atoms with van der Waals surface area (Å²) in [7, 11) is 0. The fourth-order valence-corrected chi connectivity index (χ4v) is 2.37. The Balaban J connectivity index is 2.04. The molecule has 1 fully saturated rings. The van der Waals surface area contributed by atoms with Crippen molar-refractivity contribution in [3.05, 3.63) is 0 Å². The van der Waals surface area contributed by atoms with Crippen LogP contribution >= 0.6 is 0 Å². The standard InChI is InChI=1S/C14H29NO2/c1-11(2)8-15-9-13(16)10-17-14-6-4-5-12(3)7-14/h11-16H,4-10H2,1-3H3/t12-,13+,14-/m1/s1. The molecule has 3 nitrogen and oxygen atoms in total. The molecule has 1 aliphatic rings. The summed E-state index contributed by atoms with van der Waals surface area (Å²) in [5, 5.41) is 13.0. The van der Waals surface area contributed by atoms with Crippen LogP contribution in [0.25, 0.3) is 0 Å². The molecule has 3 atom stereocenters. The van der Waals surface area contributed by atoms with E-state index in [1.165, 1.54) is 12.8 Å². The summed E-state index contributed by atoms with van der Waals surface area (Å²) < 4.78 is 5.78. The molecule has 1 saturated carbocycles. The molecule has 0 saturated heterocycles. The smallest absolute Gasteiger partial charge is 0.0897 e. The normalized spacial score (nSPS) is 27.4. The van der Waals surface area contributed by atoms with Crippen molar-refractivity contribution in [2.45, 2.75) is 58.7 Å². The lowest BCUT2D eigenvalue weighted by Gasteiger charge is -2.27. The van der Waals surface area contributed by atoms with E-state index < -0.39 is 0 Å². The van der Waals surface area contributed by atoms with Gasteiger partial charge < -0.3 is 15.2 Å². The summed E-state index contributed by atoms with van der Waals surface area (Å²) in [5.74, 6) is 1.41. The van der Waals surface area contributed by atoms with Crippen molar-refractivity contribution in [2.24, 2.45) is 11.8 Å². The molecule has 0 aromatic carbocycles. The Kier molecular flexibility index (Phi) is 7.09. The number of aliphatic hydroxyl groups excluding tert-OH is 1. The van der Waals surface area contributed by atoms with Crippen molar-refractivity contribution in [1.82, 2.24) is 5.32 Å². The highest BCUT2D eigenvalue weighted by Crippen LogP contribution is 2.25. The van der Waals surface area contributed by atoms with Crippen molar-refractivity contribution in [2.75, 3.05) is 19.7 Å². The SMILES string of the molecule is CC(C)CNC[C@H](O)CO[C@@H]1CCC[C@@H](C)C1. The van der Waals surface area contributed by atoms with E-state index in [0.29, 0.717) is 25.2 Å². The third-order valence-corrected chi connectivity index (χ3v) is 3.35. The van der Waals surface area contributed by atoms with Crippen LogP contribution in [0.15, 0.2) is 0 Å². The summed E-state index contributed by atoms with van der Waals surface area (Å²) in [6.45, 7) is 8.69. The summed E-state index contributed by atoms with van der Waals surface area (Å²) in [5.41, 5.74) is 0. The van der Waals surface area contributed by atoms with Gasteiger partial charge in [0, 0.05) is 6.54 Å². The van der Waals surface area contributed by atoms with Gasteiger partial charge in [-0.05, 0) is 31.2 Å². The fourth-order valence-electron chi connectivity index (χ4n) is 2.37. The largest absolute Gasteiger partial charge is 0.389 e. The van der Waals surface area contributed by atoms with E-state index in [1.807, 2.05) is 0 Å². The van der Waals surface area contributed by atoms with Crippen LogP contribution in [-0.2, 0) is 4.74 Å². The van der Waals surface area contributed by atoms with Gasteiger partial charge in [0.2, 0.25) is 0 Å². The number of rotatable bonds is 7. The Labute approximate surface area is 106 Å². The van der Waals surface area contributed by atoms with Gasteiger partial charge in [-0.2, -0.15) is 0 Å². The second kappa shape index (κ2) is 8.06. The van der Waals surface area contributed by atoms with Gasteiger partial charge in [-0.1, -0.05) is 33.6 Å². The molecule has 0 aliphatic heterocycles. The van der Waals surface area contributed by atoms with Crippen molar-refractivity contribution in [3.8, 4) is 0 Å². The van der Waals surface area contributed by atoms with Gasteiger partial charge >= 0.3 is 0 Å². The Morgan fingerprint density at radius 2 is 2.06 bits per heavy atom. The third-order valence-electron chi connectivity index (χ3n) is 3.35. The number of nitrogens with one attached hydrogen (secondary N) is 1. The maximum absolute atomic E-state index is 9.77. The van der Waals surface area contributed by atoms with Gasteiger partial charge in [0.15, 0.2) is 0 Å². The van der Waals surface area contributed by atoms with Crippen molar-refractivity contribution in [1.29, 1.82) is 0 Å². The van der Waals surface area contributed by atoms with E-state index in [-0.39, 0.29) is 6.10 Å². The van der Waals surface area contributed by atoms with Gasteiger partial charge in [-0.25, -0.2) is 0 Å². The first kappa shape index (κ1) is 14.9. The fraction of sp³-hybridized carbons (Fsp3) is 1.00. The number of aliphatic hydroxyl groups is 1. The lowest BCUT2D eigenvalue weighted by molar-refractivity contribution is -0.0306. The third kappa shape index (κ3) is 7.02. The first-order valence-corrected chi connectivity index (χ1v) is 7.08. The van der Waals surface area contributed by atoms with Crippen molar-refractivity contribution < 1.29 is 9.84 Å². The van der Waals surface area contributed by atoms with Crippen LogP contribution in [0.3, 0.4) is 0 Å². The van der Waals surface area contributed by atoms with E-state index >= 15 is 0 Å². The number of ether oxygens (including phenoxy) is 1. The van der Waals surface area contributed by atoms with Crippen LogP contribution in [0, 0.1) is 11.8 Å². The van der Waals surface area contributed by atoms with E-state index in [1.54, 1.807) is 0 Å². The molecule has 0 aromatic heterocycles. The average Bonchev–Trinajstić information content (AvgIpc) is 2.26. The van der Waals surface area contributed by atoms with Crippen LogP contribution < -0.4 is 5.32 Å². The zero-order valence-electron chi connectivity index (χ0n) is 11.6. The summed E-state index contributed by atoms with van der Waals surface area (Å²) >= 11 is 0. The minimum atomic E-state index is -0.369. The molecule has 17 heavy (non-hydrogen) atoms. The lowest BCUT2D eigenvalue weighted by Crippen LogP contribution is -2.34. The predicted octanol–water partition coefficient (Wildman–Crippen LogP) is 2.19. The van der Waals surface area contributed by atoms with Gasteiger partial charge in [-0.3, -0.25) is 0 Å². The van der Waals surface area contributed by atoms with Gasteiger partial charge in [-0.15, -0.1) is 0 Å². The number of hydrogen-bond donors (Lipinski definition) is 2. The average molecular weight is 243 g/mol. The highest BCUT2D eigenvalue weighted by molar-refractivity contribution is 4.71. The molecule has 102 valence electrons. The summed E-state index contributed by atoms with van der Waals surface area (Å²) in [4.78, 5) is 0. The maximum Gasteiger partial charge on any atom is 0.0897 e. The minimum absolute atomic E-state index is 0.369. The van der Waals surface area contributed by atoms with Gasteiger partial charge in [0.1, 0.15) is 0 Å². The zero-order chi connectivity index (χ0) is 12.7. The van der Waals surface area contributed by atoms with Crippen molar-refractivity contribution >= 4 is 0 Å². The Hall–Kier alpha value is -0.120. The summed E-state index contributed by atoms with van der Waals surface area (Å²) in [6, 6.07) is 0. The van der Waals surface area contributed by atoms with E-state index in [9.17, 15) is 5.11 Å². The van der Waals surface area contributed by atoms with Crippen LogP contribution in [0.1, 0.15) is 46.5 Å². The quantitative estimate of drug-likeness (QED) is 0.720. The predicted molar refractivity (Wildman–Crippen MR) is 71.1 cm³/mol. The highest BCUT2D eigenvalue weighted by Gasteiger charge is 2.20. The number of hydrogen-bond acceptors (Lipinski definition) is 3. The van der Waals surface area contributed by atoms with Crippen LogP contribution in [0.4, 0.5) is 0 Å². The van der Waals surface area contributed by atoms with Gasteiger partial charge in [0.25, 0.3) is 0 Å². The first-order valence-electron chi connectivity index (χ1n) is 7.08. The first-order chi connectivity index (χ1) is 8.08. The van der Waals surface area contributed by atoms with E-state index in [0.717, 1.165) is 25.3 Å². The topological polar surface area (TPSA) is 41.5 Å². The molecule has 1 aliphatic carbocycles. The van der Waals surface area contributed by atoms with Crippen LogP contribution in [0.2, 0.25) is 0 Å². The molecule has 0 radical (unpaired) electrons. The Bertz CT molecular complexity index is 197. The van der Waals surface area contributed by atoms with Gasteiger partial charge in [0.05, 0.1) is 18.8 Å². The molecule has 3 heteroatoms. The van der Waals surface area contributed by atoms with E-state index in [4.69, 9.17) is 4.74 Å². The Morgan fingerprint density at radius 1 is 1.29 bits per heavy atom. The Morgan fingerprint density at radius 3 is 2.71 bits per heavy atom. The molecular formula is C14H29NO2. The molecule has 0 unspecified atom stereocenters. The molecule has 0 heterocycles. The minimum Gasteiger partial charge on any atom is -0.389 e. The highest BCUT2D eigenvalue weighted by atomic mass is 16.5. The molecule has 2 N–H and O–H groups in total. The molecular weight excluding hydrogens is 214 g/mol. The molecule has 0 bridgehead atoms. The molecule has 0 amide bonds. The second-order valence-electron chi connectivity index (χ2n) is 5.93. The van der Waals surface area contributed by atoms with Crippen molar-refractivity contribution in [3.63, 3.8) is 0 Å². The van der Waals surface area contributed by atoms with E-state index in [2.05, 4.69) is 26.1 Å². The summed E-state index contributed by atoms with van der Waals surface area (Å²) in [6.07, 6.45) is 4.93. The lowest BCUT2D eigenvalue weighted by atomic mass is 9.89. The molecule has 1 rings (SSSR count). The molecule has 0 aromatic rings. The monoisotopic (exact) mass is 243 g/mol. The van der Waals surface area contributed by atoms with Crippen LogP contribution in [0.5, 0.6) is 0 Å². The molecule has 0 spiro atoms. The zero-order valence-corrected chi connectivity index (χ0v) is 11.6. The van der Waals surface area contributed by atoms with Crippen LogP contribution in [-0.4, -0.2) is 37.0 Å².